The molecular weight excluding hydrogens is 434 g/mol. The molecule has 1 heterocycles. The number of urea groups is 1. The van der Waals surface area contributed by atoms with Crippen LogP contribution in [0.25, 0.3) is 0 Å². The second-order valence-electron chi connectivity index (χ2n) is 6.15. The van der Waals surface area contributed by atoms with E-state index in [0.717, 1.165) is 10.0 Å². The zero-order valence-electron chi connectivity index (χ0n) is 14.5. The molecule has 0 unspecified atom stereocenters. The molecule has 0 fully saturated rings. The van der Waals surface area contributed by atoms with Gasteiger partial charge in [0.1, 0.15) is 0 Å². The van der Waals surface area contributed by atoms with Crippen molar-refractivity contribution in [2.24, 2.45) is 0 Å². The highest BCUT2D eigenvalue weighted by Crippen LogP contribution is 2.26. The summed E-state index contributed by atoms with van der Waals surface area (Å²) in [6.45, 7) is 2.43. The van der Waals surface area contributed by atoms with Crippen molar-refractivity contribution < 1.29 is 14.4 Å². The molecule has 0 bridgehead atoms. The van der Waals surface area contributed by atoms with Gasteiger partial charge in [-0.1, -0.05) is 33.6 Å². The van der Waals surface area contributed by atoms with Crippen LogP contribution >= 0.6 is 27.5 Å². The summed E-state index contributed by atoms with van der Waals surface area (Å²) in [6.07, 6.45) is 0.453. The molecule has 0 saturated carbocycles. The van der Waals surface area contributed by atoms with Crippen LogP contribution in [-0.2, 0) is 0 Å². The Morgan fingerprint density at radius 1 is 1.11 bits per heavy atom. The number of rotatable bonds is 5. The van der Waals surface area contributed by atoms with E-state index in [1.807, 2.05) is 13.0 Å². The summed E-state index contributed by atoms with van der Waals surface area (Å²) in [5.74, 6) is -0.614. The molecule has 140 valence electrons. The monoisotopic (exact) mass is 449 g/mol. The van der Waals surface area contributed by atoms with Gasteiger partial charge in [0.05, 0.1) is 11.1 Å². The second-order valence-corrected chi connectivity index (χ2v) is 7.50. The zero-order valence-corrected chi connectivity index (χ0v) is 16.9. The Morgan fingerprint density at radius 3 is 2.63 bits per heavy atom. The molecule has 2 aromatic rings. The Hall–Kier alpha value is -2.38. The molecular formula is C19H17BrClN3O3. The SMILES string of the molecule is Cc1ccc(Cl)cc1NC(=O)NCCCN1C(=O)c2ccc(Br)cc2C1=O. The Morgan fingerprint density at radius 2 is 1.85 bits per heavy atom. The predicted octanol–water partition coefficient (Wildman–Crippen LogP) is 4.22. The molecule has 0 aromatic heterocycles. The van der Waals surface area contributed by atoms with Gasteiger partial charge < -0.3 is 10.6 Å². The van der Waals surface area contributed by atoms with Crippen molar-refractivity contribution in [1.29, 1.82) is 0 Å². The summed E-state index contributed by atoms with van der Waals surface area (Å²) in [5, 5.41) is 5.98. The minimum atomic E-state index is -0.369. The molecule has 3 rings (SSSR count). The quantitative estimate of drug-likeness (QED) is 0.529. The normalized spacial score (nSPS) is 12.9. The molecule has 0 radical (unpaired) electrons. The average molecular weight is 451 g/mol. The van der Waals surface area contributed by atoms with E-state index in [4.69, 9.17) is 11.6 Å². The van der Waals surface area contributed by atoms with Crippen LogP contribution in [-0.4, -0.2) is 35.8 Å². The lowest BCUT2D eigenvalue weighted by Gasteiger charge is -2.14. The third kappa shape index (κ3) is 4.31. The fourth-order valence-electron chi connectivity index (χ4n) is 2.80. The van der Waals surface area contributed by atoms with Gasteiger partial charge in [0.15, 0.2) is 0 Å². The first-order chi connectivity index (χ1) is 12.9. The van der Waals surface area contributed by atoms with Crippen LogP contribution in [0.15, 0.2) is 40.9 Å². The largest absolute Gasteiger partial charge is 0.338 e. The Kier molecular flexibility index (Phi) is 5.82. The summed E-state index contributed by atoms with van der Waals surface area (Å²) in [6, 6.07) is 9.89. The van der Waals surface area contributed by atoms with Crippen molar-refractivity contribution in [3.63, 3.8) is 0 Å². The Balaban J connectivity index is 1.49. The summed E-state index contributed by atoms with van der Waals surface area (Å²) < 4.78 is 0.749. The molecule has 2 aromatic carbocycles. The number of nitrogens with one attached hydrogen (secondary N) is 2. The molecule has 4 amide bonds. The number of anilines is 1. The van der Waals surface area contributed by atoms with Gasteiger partial charge in [0, 0.05) is 28.3 Å². The first-order valence-corrected chi connectivity index (χ1v) is 9.50. The van der Waals surface area contributed by atoms with Gasteiger partial charge in [0.2, 0.25) is 0 Å². The second kappa shape index (κ2) is 8.10. The lowest BCUT2D eigenvalue weighted by Crippen LogP contribution is -2.35. The van der Waals surface area contributed by atoms with Crippen molar-refractivity contribution in [2.75, 3.05) is 18.4 Å². The fraction of sp³-hybridized carbons (Fsp3) is 0.211. The lowest BCUT2D eigenvalue weighted by atomic mass is 10.1. The van der Waals surface area contributed by atoms with E-state index in [2.05, 4.69) is 26.6 Å². The van der Waals surface area contributed by atoms with Gasteiger partial charge in [-0.3, -0.25) is 14.5 Å². The van der Waals surface area contributed by atoms with Crippen LogP contribution < -0.4 is 10.6 Å². The molecule has 1 aliphatic rings. The fourth-order valence-corrected chi connectivity index (χ4v) is 3.33. The maximum absolute atomic E-state index is 12.4. The van der Waals surface area contributed by atoms with Crippen molar-refractivity contribution in [2.45, 2.75) is 13.3 Å². The van der Waals surface area contributed by atoms with E-state index >= 15 is 0 Å². The van der Waals surface area contributed by atoms with E-state index < -0.39 is 0 Å². The van der Waals surface area contributed by atoms with Crippen LogP contribution in [0, 0.1) is 6.92 Å². The van der Waals surface area contributed by atoms with E-state index in [9.17, 15) is 14.4 Å². The Labute approximate surface area is 170 Å². The Bertz CT molecular complexity index is 932. The highest BCUT2D eigenvalue weighted by atomic mass is 79.9. The number of hydrogen-bond acceptors (Lipinski definition) is 3. The number of fused-ring (bicyclic) bond motifs is 1. The smallest absolute Gasteiger partial charge is 0.319 e. The van der Waals surface area contributed by atoms with Crippen molar-refractivity contribution >= 4 is 51.1 Å². The van der Waals surface area contributed by atoms with E-state index in [-0.39, 0.29) is 24.4 Å². The van der Waals surface area contributed by atoms with Gasteiger partial charge in [-0.2, -0.15) is 0 Å². The molecule has 27 heavy (non-hydrogen) atoms. The number of amides is 4. The predicted molar refractivity (Wildman–Crippen MR) is 107 cm³/mol. The zero-order chi connectivity index (χ0) is 19.6. The standard InChI is InChI=1S/C19H17BrClN3O3/c1-11-3-5-13(21)10-16(11)23-19(27)22-7-2-8-24-17(25)14-6-4-12(20)9-15(14)18(24)26/h3-6,9-10H,2,7-8H2,1H3,(H2,22,23,27). The van der Waals surface area contributed by atoms with Crippen LogP contribution in [0.3, 0.4) is 0 Å². The molecule has 0 aliphatic carbocycles. The highest BCUT2D eigenvalue weighted by molar-refractivity contribution is 9.10. The van der Waals surface area contributed by atoms with Crippen molar-refractivity contribution in [3.05, 3.63) is 62.6 Å². The van der Waals surface area contributed by atoms with E-state index in [1.54, 1.807) is 30.3 Å². The summed E-state index contributed by atoms with van der Waals surface area (Å²) >= 11 is 9.24. The molecule has 0 spiro atoms. The highest BCUT2D eigenvalue weighted by Gasteiger charge is 2.34. The maximum Gasteiger partial charge on any atom is 0.319 e. The number of carbonyl (C=O) groups excluding carboxylic acids is 3. The first kappa shape index (κ1) is 19.4. The number of nitrogens with zero attached hydrogens (tertiary/aromatic N) is 1. The van der Waals surface area contributed by atoms with Crippen LogP contribution in [0.1, 0.15) is 32.7 Å². The molecule has 0 saturated heterocycles. The van der Waals surface area contributed by atoms with Gasteiger partial charge in [-0.05, 0) is 49.2 Å². The summed E-state index contributed by atoms with van der Waals surface area (Å²) in [7, 11) is 0. The average Bonchev–Trinajstić information content (AvgIpc) is 2.85. The van der Waals surface area contributed by atoms with E-state index in [1.165, 1.54) is 4.90 Å². The van der Waals surface area contributed by atoms with Crippen LogP contribution in [0.5, 0.6) is 0 Å². The van der Waals surface area contributed by atoms with Gasteiger partial charge >= 0.3 is 6.03 Å². The molecule has 6 nitrogen and oxygen atoms in total. The minimum absolute atomic E-state index is 0.237. The molecule has 8 heteroatoms. The number of halogens is 2. The van der Waals surface area contributed by atoms with Crippen molar-refractivity contribution in [3.8, 4) is 0 Å². The third-order valence-electron chi connectivity index (χ3n) is 4.22. The topological polar surface area (TPSA) is 78.5 Å². The lowest BCUT2D eigenvalue weighted by molar-refractivity contribution is 0.0653. The molecule has 0 atom stereocenters. The molecule has 1 aliphatic heterocycles. The number of imide groups is 1. The summed E-state index contributed by atoms with van der Waals surface area (Å²) in [4.78, 5) is 37.9. The van der Waals surface area contributed by atoms with Crippen molar-refractivity contribution in [1.82, 2.24) is 10.2 Å². The maximum atomic E-state index is 12.4. The number of aryl methyl sites for hydroxylation is 1. The van der Waals surface area contributed by atoms with E-state index in [0.29, 0.717) is 34.8 Å². The van der Waals surface area contributed by atoms with Gasteiger partial charge in [-0.25, -0.2) is 4.79 Å². The van der Waals surface area contributed by atoms with Gasteiger partial charge in [-0.15, -0.1) is 0 Å². The molecule has 2 N–H and O–H groups in total. The van der Waals surface area contributed by atoms with Crippen LogP contribution in [0.2, 0.25) is 5.02 Å². The number of hydrogen-bond donors (Lipinski definition) is 2. The first-order valence-electron chi connectivity index (χ1n) is 8.33. The number of carbonyl (C=O) groups is 3. The van der Waals surface area contributed by atoms with Gasteiger partial charge in [0.25, 0.3) is 11.8 Å². The van der Waals surface area contributed by atoms with Crippen LogP contribution in [0.4, 0.5) is 10.5 Å². The summed E-state index contributed by atoms with van der Waals surface area (Å²) in [5.41, 5.74) is 2.33. The number of benzene rings is 2. The minimum Gasteiger partial charge on any atom is -0.338 e. The third-order valence-corrected chi connectivity index (χ3v) is 4.95.